The molecule has 0 saturated carbocycles. The minimum Gasteiger partial charge on any atom is -0.457 e. The van der Waals surface area contributed by atoms with E-state index in [1.807, 2.05) is 41.6 Å². The number of rotatable bonds is 7. The lowest BCUT2D eigenvalue weighted by molar-refractivity contribution is -0.133. The maximum absolute atomic E-state index is 12.7. The summed E-state index contributed by atoms with van der Waals surface area (Å²) in [7, 11) is 2.07. The summed E-state index contributed by atoms with van der Waals surface area (Å²) in [6.07, 6.45) is 6.81. The molecule has 0 aromatic carbocycles. The molecule has 0 radical (unpaired) electrons. The Morgan fingerprint density at radius 2 is 1.95 bits per heavy atom. The molecule has 13 heteroatoms. The van der Waals surface area contributed by atoms with Crippen LogP contribution in [0.1, 0.15) is 24.6 Å². The molecule has 1 amide bonds. The van der Waals surface area contributed by atoms with E-state index in [2.05, 4.69) is 43.3 Å². The first kappa shape index (κ1) is 25.5. The lowest BCUT2D eigenvalue weighted by Gasteiger charge is -2.44. The number of anilines is 3. The zero-order chi connectivity index (χ0) is 28.4. The normalized spacial score (nSPS) is 22.5. The summed E-state index contributed by atoms with van der Waals surface area (Å²) in [5, 5.41) is 23.6. The van der Waals surface area contributed by atoms with Gasteiger partial charge in [-0.25, -0.2) is 4.52 Å². The summed E-state index contributed by atoms with van der Waals surface area (Å²) in [6, 6.07) is 10.4. The fourth-order valence-electron chi connectivity index (χ4n) is 6.83. The molecule has 3 saturated heterocycles. The molecular weight excluding hydrogens is 536 g/mol. The van der Waals surface area contributed by atoms with E-state index >= 15 is 0 Å². The minimum absolute atomic E-state index is 0.0739. The summed E-state index contributed by atoms with van der Waals surface area (Å²) < 4.78 is 9.15. The van der Waals surface area contributed by atoms with Crippen molar-refractivity contribution in [2.75, 3.05) is 56.5 Å². The first-order valence-electron chi connectivity index (χ1n) is 14.6. The largest absolute Gasteiger partial charge is 0.457 e. The van der Waals surface area contributed by atoms with E-state index in [0.717, 1.165) is 85.9 Å². The van der Waals surface area contributed by atoms with Gasteiger partial charge in [0.1, 0.15) is 23.9 Å². The van der Waals surface area contributed by atoms with E-state index in [1.54, 1.807) is 15.4 Å². The predicted molar refractivity (Wildman–Crippen MR) is 156 cm³/mol. The molecule has 5 aromatic heterocycles. The van der Waals surface area contributed by atoms with Crippen molar-refractivity contribution >= 4 is 40.0 Å². The summed E-state index contributed by atoms with van der Waals surface area (Å²) in [6.45, 7) is 5.08. The van der Waals surface area contributed by atoms with Crippen LogP contribution in [0.3, 0.4) is 0 Å². The van der Waals surface area contributed by atoms with Gasteiger partial charge >= 0.3 is 0 Å². The lowest BCUT2D eigenvalue weighted by Crippen LogP contribution is -2.55. The van der Waals surface area contributed by atoms with Gasteiger partial charge in [0.25, 0.3) is 0 Å². The number of nitrogens with one attached hydrogen (secondary N) is 1. The first-order valence-corrected chi connectivity index (χ1v) is 14.6. The van der Waals surface area contributed by atoms with Gasteiger partial charge in [0, 0.05) is 69.3 Å². The van der Waals surface area contributed by atoms with E-state index in [0.29, 0.717) is 5.95 Å². The number of carbonyl (C=O) groups is 1. The van der Waals surface area contributed by atoms with Crippen molar-refractivity contribution in [1.82, 2.24) is 39.1 Å². The van der Waals surface area contributed by atoms with Gasteiger partial charge in [-0.3, -0.25) is 14.4 Å². The number of benzene rings is 1. The van der Waals surface area contributed by atoms with Crippen molar-refractivity contribution in [2.24, 2.45) is 0 Å². The molecular formula is C29H34N10O3. The summed E-state index contributed by atoms with van der Waals surface area (Å²) in [5.74, 6) is 0.542. The Kier molecular flexibility index (Phi) is 6.05. The average molecular weight is 571 g/mol. The highest BCUT2D eigenvalue weighted by Gasteiger charge is 2.44. The van der Waals surface area contributed by atoms with E-state index < -0.39 is 6.23 Å². The lowest BCUT2D eigenvalue weighted by atomic mass is 10.1. The van der Waals surface area contributed by atoms with E-state index in [1.165, 1.54) is 0 Å². The number of aliphatic hydroxyl groups is 1. The minimum atomic E-state index is -0.667. The van der Waals surface area contributed by atoms with Crippen molar-refractivity contribution in [3.8, 4) is 0 Å². The highest BCUT2D eigenvalue weighted by atomic mass is 16.3. The van der Waals surface area contributed by atoms with Crippen LogP contribution in [0, 0.1) is 0 Å². The van der Waals surface area contributed by atoms with Crippen molar-refractivity contribution < 1.29 is 14.3 Å². The van der Waals surface area contributed by atoms with Crippen LogP contribution in [0.4, 0.5) is 17.3 Å². The highest BCUT2D eigenvalue weighted by Crippen LogP contribution is 2.40. The maximum atomic E-state index is 12.7. The van der Waals surface area contributed by atoms with Gasteiger partial charge in [-0.15, -0.1) is 5.10 Å². The Morgan fingerprint density at radius 1 is 1.14 bits per heavy atom. The summed E-state index contributed by atoms with van der Waals surface area (Å²) in [5.41, 5.74) is 4.95. The van der Waals surface area contributed by atoms with Gasteiger partial charge in [-0.2, -0.15) is 10.1 Å². The van der Waals surface area contributed by atoms with E-state index in [-0.39, 0.29) is 24.5 Å². The van der Waals surface area contributed by atoms with Crippen LogP contribution in [0.5, 0.6) is 0 Å². The number of pyridine rings is 1. The number of fused-ring (bicyclic) bond motifs is 5. The number of aliphatic hydroxyl groups excluding tert-OH is 1. The molecule has 8 heterocycles. The van der Waals surface area contributed by atoms with Gasteiger partial charge in [-0.05, 0) is 50.2 Å². The molecule has 3 atom stereocenters. The van der Waals surface area contributed by atoms with Crippen LogP contribution in [0.25, 0.3) is 16.8 Å². The fourth-order valence-corrected chi connectivity index (χ4v) is 6.83. The molecule has 5 aromatic rings. The predicted octanol–water partition coefficient (Wildman–Crippen LogP) is 1.97. The second-order valence-corrected chi connectivity index (χ2v) is 11.7. The summed E-state index contributed by atoms with van der Waals surface area (Å²) >= 11 is 0. The van der Waals surface area contributed by atoms with Crippen LogP contribution in [0.15, 0.2) is 53.3 Å². The van der Waals surface area contributed by atoms with Gasteiger partial charge in [0.05, 0.1) is 17.6 Å². The number of hydrogen-bond donors (Lipinski definition) is 2. The second-order valence-electron chi connectivity index (χ2n) is 11.7. The van der Waals surface area contributed by atoms with Gasteiger partial charge in [0.2, 0.25) is 11.9 Å². The number of hydrogen-bond acceptors (Lipinski definition) is 10. The van der Waals surface area contributed by atoms with Crippen LogP contribution >= 0.6 is 0 Å². The van der Waals surface area contributed by atoms with Crippen LogP contribution in [-0.4, -0.2) is 108 Å². The molecule has 4 bridgehead atoms. The molecule has 3 aliphatic rings. The molecule has 0 aliphatic carbocycles. The number of likely N-dealkylation sites (N-methyl/N-ethyl adjacent to an activating group) is 1. The number of aromatic nitrogens is 5. The zero-order valence-electron chi connectivity index (χ0n) is 23.5. The third kappa shape index (κ3) is 4.44. The molecule has 3 aliphatic heterocycles. The Balaban J connectivity index is 0.958. The van der Waals surface area contributed by atoms with Gasteiger partial charge < -0.3 is 29.5 Å². The number of amides is 1. The van der Waals surface area contributed by atoms with Gasteiger partial charge in [-0.1, -0.05) is 0 Å². The first-order chi connectivity index (χ1) is 20.5. The molecule has 218 valence electrons. The standard InChI is InChI=1S/C29H34N10O3/c1-34-9-11-35(12-10-34)26(40)18-37-15-19(14-30-37)31-29-32-27-24(3-2-8-38(27)33-29)36-16-20-4-5-21(17-36)39(20)28(41)23-13-22-6-7-25(23)42-22/h2-3,6-8,13-15,20-21,28,41H,4-5,9-12,16-18H2,1H3,(H,31,33). The molecule has 0 spiro atoms. The van der Waals surface area contributed by atoms with Crippen molar-refractivity contribution in [3.05, 3.63) is 54.5 Å². The maximum Gasteiger partial charge on any atom is 0.247 e. The molecule has 13 nitrogen and oxygen atoms in total. The molecule has 3 unspecified atom stereocenters. The molecule has 3 fully saturated rings. The Bertz CT molecular complexity index is 1700. The van der Waals surface area contributed by atoms with Crippen molar-refractivity contribution in [1.29, 1.82) is 0 Å². The highest BCUT2D eigenvalue weighted by molar-refractivity contribution is 5.76. The van der Waals surface area contributed by atoms with Crippen molar-refractivity contribution in [2.45, 2.75) is 37.7 Å². The molecule has 8 rings (SSSR count). The molecule has 42 heavy (non-hydrogen) atoms. The third-order valence-electron chi connectivity index (χ3n) is 9.03. The smallest absolute Gasteiger partial charge is 0.247 e. The monoisotopic (exact) mass is 570 g/mol. The summed E-state index contributed by atoms with van der Waals surface area (Å²) in [4.78, 5) is 26.3. The average Bonchev–Trinajstić information content (AvgIpc) is 3.82. The van der Waals surface area contributed by atoms with Crippen LogP contribution in [-0.2, 0) is 11.3 Å². The quantitative estimate of drug-likeness (QED) is 0.300. The molecule has 2 N–H and O–H groups in total. The fraction of sp³-hybridized carbons (Fsp3) is 0.448. The topological polar surface area (TPSA) is 123 Å². The van der Waals surface area contributed by atoms with Gasteiger partial charge in [0.15, 0.2) is 5.65 Å². The third-order valence-corrected chi connectivity index (χ3v) is 9.03. The van der Waals surface area contributed by atoms with E-state index in [9.17, 15) is 9.90 Å². The Morgan fingerprint density at radius 3 is 2.69 bits per heavy atom. The number of furan rings is 2. The SMILES string of the molecule is CN1CCN(C(=O)Cn2cc(Nc3nc4c(N5CC6CCC(C5)N6C(O)c5cc6ccc5o6)cccn4n3)cn2)CC1. The zero-order valence-corrected chi connectivity index (χ0v) is 23.5. The van der Waals surface area contributed by atoms with Crippen molar-refractivity contribution in [3.63, 3.8) is 0 Å². The number of nitrogens with zero attached hydrogens (tertiary/aromatic N) is 9. The number of piperazine rings is 2. The van der Waals surface area contributed by atoms with E-state index in [4.69, 9.17) is 9.40 Å². The Labute approximate surface area is 242 Å². The number of carbonyl (C=O) groups excluding carboxylic acids is 1. The van der Waals surface area contributed by atoms with Crippen LogP contribution in [0.2, 0.25) is 0 Å². The van der Waals surface area contributed by atoms with Crippen LogP contribution < -0.4 is 10.2 Å². The Hall–Kier alpha value is -4.20. The second kappa shape index (κ2) is 9.96.